The van der Waals surface area contributed by atoms with E-state index in [0.29, 0.717) is 23.8 Å². The Balaban J connectivity index is 1.34. The van der Waals surface area contributed by atoms with Gasteiger partial charge in [-0.25, -0.2) is 0 Å². The molecule has 2 aromatic carbocycles. The Bertz CT molecular complexity index is 1200. The number of carboxylic acids is 1. The number of aryl methyl sites for hydroxylation is 1. The van der Waals surface area contributed by atoms with Crippen molar-refractivity contribution in [3.05, 3.63) is 59.3 Å². The second-order valence-corrected chi connectivity index (χ2v) is 8.89. The molecule has 1 aliphatic heterocycles. The van der Waals surface area contributed by atoms with Gasteiger partial charge in [-0.05, 0) is 67.5 Å². The minimum absolute atomic E-state index is 0.0242. The van der Waals surface area contributed by atoms with E-state index in [0.717, 1.165) is 48.3 Å². The molecule has 0 spiro atoms. The minimum atomic E-state index is -4.51. The molecular weight excluding hydrogens is 435 g/mol. The molecule has 0 saturated heterocycles. The van der Waals surface area contributed by atoms with Gasteiger partial charge in [0.2, 0.25) is 0 Å². The van der Waals surface area contributed by atoms with Crippen LogP contribution in [-0.4, -0.2) is 22.2 Å². The van der Waals surface area contributed by atoms with E-state index in [1.165, 1.54) is 6.07 Å². The van der Waals surface area contributed by atoms with Crippen LogP contribution >= 0.6 is 0 Å². The van der Waals surface area contributed by atoms with E-state index in [9.17, 15) is 23.1 Å². The molecular formula is C25H24F3NO4. The summed E-state index contributed by atoms with van der Waals surface area (Å²) in [5, 5.41) is 10.2. The van der Waals surface area contributed by atoms with E-state index in [1.54, 1.807) is 12.1 Å². The van der Waals surface area contributed by atoms with Crippen LogP contribution in [0.5, 0.6) is 11.5 Å². The van der Waals surface area contributed by atoms with Gasteiger partial charge in [-0.2, -0.15) is 13.2 Å². The molecule has 8 heteroatoms. The number of benzene rings is 2. The number of hydrogen-bond acceptors (Lipinski definition) is 3. The fourth-order valence-corrected chi connectivity index (χ4v) is 4.48. The summed E-state index contributed by atoms with van der Waals surface area (Å²) in [6.45, 7) is 0.285. The molecule has 0 amide bonds. The number of nitrogens with zero attached hydrogens (tertiary/aromatic N) is 1. The van der Waals surface area contributed by atoms with Gasteiger partial charge in [-0.3, -0.25) is 4.79 Å². The number of alkyl halides is 3. The molecule has 3 aromatic rings. The number of fused-ring (bicyclic) bond motifs is 3. The maximum Gasteiger partial charge on any atom is 0.419 e. The monoisotopic (exact) mass is 459 g/mol. The number of carbonyl (C=O) groups is 1. The third-order valence-electron chi connectivity index (χ3n) is 6.33. The summed E-state index contributed by atoms with van der Waals surface area (Å²) in [5.74, 6) is -0.110. The smallest absolute Gasteiger partial charge is 0.419 e. The van der Waals surface area contributed by atoms with Gasteiger partial charge in [-0.15, -0.1) is 0 Å². The van der Waals surface area contributed by atoms with Crippen molar-refractivity contribution in [2.45, 2.75) is 50.9 Å². The molecule has 1 fully saturated rings. The van der Waals surface area contributed by atoms with Gasteiger partial charge in [0.1, 0.15) is 18.1 Å². The lowest BCUT2D eigenvalue weighted by Crippen LogP contribution is -2.11. The second kappa shape index (κ2) is 8.32. The number of aromatic nitrogens is 1. The Labute approximate surface area is 188 Å². The van der Waals surface area contributed by atoms with Crippen LogP contribution in [0.15, 0.2) is 42.5 Å². The van der Waals surface area contributed by atoms with E-state index in [1.807, 2.05) is 16.7 Å². The van der Waals surface area contributed by atoms with Gasteiger partial charge in [-0.1, -0.05) is 6.07 Å². The third kappa shape index (κ3) is 4.65. The van der Waals surface area contributed by atoms with Crippen molar-refractivity contribution in [1.29, 1.82) is 0 Å². The summed E-state index contributed by atoms with van der Waals surface area (Å²) in [4.78, 5) is 11.2. The predicted molar refractivity (Wildman–Crippen MR) is 116 cm³/mol. The van der Waals surface area contributed by atoms with Crippen molar-refractivity contribution in [2.75, 3.05) is 6.61 Å². The molecule has 2 aliphatic rings. The Morgan fingerprint density at radius 1 is 1.06 bits per heavy atom. The second-order valence-electron chi connectivity index (χ2n) is 8.89. The molecule has 1 aliphatic carbocycles. The van der Waals surface area contributed by atoms with Crippen LogP contribution in [0.3, 0.4) is 0 Å². The SMILES string of the molecule is O=C(O)CC1CCc2cc3ccc(OCc4ccc(OCC5CC5)c(C(F)(F)F)c4)cc3n21. The fraction of sp³-hybridized carbons (Fsp3) is 0.400. The number of carboxylic acid groups (broad SMARTS) is 1. The topological polar surface area (TPSA) is 60.7 Å². The predicted octanol–water partition coefficient (Wildman–Crippen LogP) is 5.99. The van der Waals surface area contributed by atoms with Gasteiger partial charge >= 0.3 is 12.1 Å². The number of aliphatic carboxylic acids is 1. The van der Waals surface area contributed by atoms with Gasteiger partial charge < -0.3 is 19.1 Å². The fourth-order valence-electron chi connectivity index (χ4n) is 4.48. The van der Waals surface area contributed by atoms with Gasteiger partial charge in [0, 0.05) is 23.2 Å². The zero-order valence-electron chi connectivity index (χ0n) is 17.9. The molecule has 1 N–H and O–H groups in total. The lowest BCUT2D eigenvalue weighted by molar-refractivity contribution is -0.139. The quantitative estimate of drug-likeness (QED) is 0.450. The van der Waals surface area contributed by atoms with Crippen molar-refractivity contribution in [3.63, 3.8) is 0 Å². The first kappa shape index (κ1) is 21.7. The summed E-state index contributed by atoms with van der Waals surface area (Å²) >= 11 is 0. The molecule has 1 atom stereocenters. The van der Waals surface area contributed by atoms with Gasteiger partial charge in [0.25, 0.3) is 0 Å². The molecule has 0 radical (unpaired) electrons. The first-order valence-corrected chi connectivity index (χ1v) is 11.1. The van der Waals surface area contributed by atoms with Gasteiger partial charge in [0.05, 0.1) is 24.1 Å². The lowest BCUT2D eigenvalue weighted by Gasteiger charge is -2.16. The van der Waals surface area contributed by atoms with Crippen molar-refractivity contribution in [3.8, 4) is 11.5 Å². The first-order valence-electron chi connectivity index (χ1n) is 11.1. The highest BCUT2D eigenvalue weighted by molar-refractivity contribution is 5.83. The molecule has 1 unspecified atom stereocenters. The average Bonchev–Trinajstić information content (AvgIpc) is 3.41. The summed E-state index contributed by atoms with van der Waals surface area (Å²) < 4.78 is 54.0. The van der Waals surface area contributed by atoms with Crippen molar-refractivity contribution >= 4 is 16.9 Å². The Morgan fingerprint density at radius 2 is 1.88 bits per heavy atom. The largest absolute Gasteiger partial charge is 0.493 e. The van der Waals surface area contributed by atoms with E-state index in [-0.39, 0.29) is 24.8 Å². The number of rotatable bonds is 8. The summed E-state index contributed by atoms with van der Waals surface area (Å²) in [5.41, 5.74) is 1.57. The number of halogens is 3. The van der Waals surface area contributed by atoms with E-state index in [2.05, 4.69) is 6.07 Å². The average molecular weight is 459 g/mol. The van der Waals surface area contributed by atoms with Gasteiger partial charge in [0.15, 0.2) is 0 Å². The Kier molecular flexibility index (Phi) is 5.46. The minimum Gasteiger partial charge on any atom is -0.493 e. The van der Waals surface area contributed by atoms with Crippen LogP contribution in [0, 0.1) is 5.92 Å². The van der Waals surface area contributed by atoms with Crippen LogP contribution < -0.4 is 9.47 Å². The van der Waals surface area contributed by atoms with Crippen LogP contribution in [0.2, 0.25) is 0 Å². The number of hydrogen-bond donors (Lipinski definition) is 1. The maximum atomic E-state index is 13.6. The highest BCUT2D eigenvalue weighted by atomic mass is 19.4. The standard InChI is InChI=1S/C25H24F3NO4/c26-25(27,28)21-9-16(3-8-23(21)33-13-15-1-2-15)14-32-20-7-4-17-10-18-5-6-19(11-24(30)31)29(18)22(17)12-20/h3-4,7-10,12,15,19H,1-2,5-6,11,13-14H2,(H,30,31). The molecule has 2 heterocycles. The van der Waals surface area contributed by atoms with Crippen LogP contribution in [-0.2, 0) is 24.0 Å². The third-order valence-corrected chi connectivity index (χ3v) is 6.33. The number of ether oxygens (including phenoxy) is 2. The van der Waals surface area contributed by atoms with E-state index in [4.69, 9.17) is 9.47 Å². The molecule has 33 heavy (non-hydrogen) atoms. The van der Waals surface area contributed by atoms with Crippen molar-refractivity contribution < 1.29 is 32.5 Å². The Hall–Kier alpha value is -3.16. The molecule has 1 saturated carbocycles. The summed E-state index contributed by atoms with van der Waals surface area (Å²) in [7, 11) is 0. The molecule has 5 nitrogen and oxygen atoms in total. The first-order chi connectivity index (χ1) is 15.8. The van der Waals surface area contributed by atoms with E-state index >= 15 is 0 Å². The van der Waals surface area contributed by atoms with E-state index < -0.39 is 17.7 Å². The van der Waals surface area contributed by atoms with Crippen molar-refractivity contribution in [1.82, 2.24) is 4.57 Å². The van der Waals surface area contributed by atoms with Crippen LogP contribution in [0.25, 0.3) is 10.9 Å². The summed E-state index contributed by atoms with van der Waals surface area (Å²) in [6.07, 6.45) is -0.869. The molecule has 1 aromatic heterocycles. The van der Waals surface area contributed by atoms with Crippen LogP contribution in [0.4, 0.5) is 13.2 Å². The molecule has 0 bridgehead atoms. The zero-order chi connectivity index (χ0) is 23.2. The highest BCUT2D eigenvalue weighted by Crippen LogP contribution is 2.39. The Morgan fingerprint density at radius 3 is 2.61 bits per heavy atom. The van der Waals surface area contributed by atoms with Crippen molar-refractivity contribution in [2.24, 2.45) is 5.92 Å². The zero-order valence-corrected chi connectivity index (χ0v) is 17.9. The molecule has 174 valence electrons. The highest BCUT2D eigenvalue weighted by Gasteiger charge is 2.35. The van der Waals surface area contributed by atoms with Crippen LogP contribution in [0.1, 0.15) is 48.5 Å². The maximum absolute atomic E-state index is 13.6. The normalized spacial score (nSPS) is 17.8. The lowest BCUT2D eigenvalue weighted by atomic mass is 10.1. The molecule has 5 rings (SSSR count). The summed E-state index contributed by atoms with van der Waals surface area (Å²) in [6, 6.07) is 11.5.